The van der Waals surface area contributed by atoms with Crippen molar-refractivity contribution in [3.63, 3.8) is 0 Å². The van der Waals surface area contributed by atoms with Crippen LogP contribution in [0.4, 0.5) is 0 Å². The van der Waals surface area contributed by atoms with Gasteiger partial charge in [-0.15, -0.1) is 11.3 Å². The first-order valence-corrected chi connectivity index (χ1v) is 13.1. The van der Waals surface area contributed by atoms with Gasteiger partial charge in [-0.25, -0.2) is 13.4 Å². The van der Waals surface area contributed by atoms with E-state index in [0.717, 1.165) is 10.4 Å². The zero-order valence-corrected chi connectivity index (χ0v) is 19.7. The Balaban J connectivity index is 1.77. The molecule has 0 spiro atoms. The number of rotatable bonds is 10. The highest BCUT2D eigenvalue weighted by atomic mass is 32.2. The van der Waals surface area contributed by atoms with E-state index < -0.39 is 10.0 Å². The number of thiophene rings is 1. The number of nitrogens with one attached hydrogen (secondary N) is 1. The highest BCUT2D eigenvalue weighted by Gasteiger charge is 2.23. The van der Waals surface area contributed by atoms with Crippen LogP contribution in [0, 0.1) is 0 Å². The molecule has 0 radical (unpaired) electrons. The molecule has 10 heteroatoms. The highest BCUT2D eigenvalue weighted by Crippen LogP contribution is 2.27. The molecule has 3 rings (SSSR count). The highest BCUT2D eigenvalue weighted by molar-refractivity contribution is 7.99. The first kappa shape index (κ1) is 22.8. The van der Waals surface area contributed by atoms with Gasteiger partial charge in [-0.3, -0.25) is 4.79 Å². The standard InChI is InChI=1S/C20H26N4O3S3/c1-4-23(5-2)30(26,27)16-9-10-18-17(12-16)22-20(24(18)6-3)29-14-19(25)21-13-15-8-7-11-28-15/h7-12H,4-6,13-14H2,1-3H3,(H,21,25). The lowest BCUT2D eigenvalue weighted by Crippen LogP contribution is -2.30. The maximum absolute atomic E-state index is 12.8. The second-order valence-corrected chi connectivity index (χ2v) is 10.4. The van der Waals surface area contributed by atoms with Crippen LogP contribution in [0.2, 0.25) is 0 Å². The summed E-state index contributed by atoms with van der Waals surface area (Å²) in [5.41, 5.74) is 1.48. The maximum Gasteiger partial charge on any atom is 0.243 e. The third kappa shape index (κ3) is 4.88. The van der Waals surface area contributed by atoms with Gasteiger partial charge in [0, 0.05) is 24.5 Å². The second kappa shape index (κ2) is 9.95. The van der Waals surface area contributed by atoms with E-state index in [1.165, 1.54) is 16.1 Å². The molecule has 0 unspecified atom stereocenters. The van der Waals surface area contributed by atoms with E-state index in [0.29, 0.717) is 36.9 Å². The summed E-state index contributed by atoms with van der Waals surface area (Å²) in [5.74, 6) is 0.187. The summed E-state index contributed by atoms with van der Waals surface area (Å²) in [5, 5.41) is 5.60. The minimum absolute atomic E-state index is 0.0621. The average Bonchev–Trinajstić information content (AvgIpc) is 3.37. The molecule has 0 saturated carbocycles. The van der Waals surface area contributed by atoms with Crippen LogP contribution in [-0.2, 0) is 27.9 Å². The van der Waals surface area contributed by atoms with Gasteiger partial charge in [-0.05, 0) is 36.6 Å². The molecule has 1 aromatic carbocycles. The molecule has 2 aromatic heterocycles. The molecule has 2 heterocycles. The van der Waals surface area contributed by atoms with Crippen molar-refractivity contribution in [2.24, 2.45) is 0 Å². The number of imidazole rings is 1. The quantitative estimate of drug-likeness (QED) is 0.462. The van der Waals surface area contributed by atoms with E-state index in [-0.39, 0.29) is 16.6 Å². The number of thioether (sulfide) groups is 1. The van der Waals surface area contributed by atoms with Crippen molar-refractivity contribution < 1.29 is 13.2 Å². The van der Waals surface area contributed by atoms with Crippen LogP contribution in [0.25, 0.3) is 11.0 Å². The van der Waals surface area contributed by atoms with Gasteiger partial charge in [0.1, 0.15) is 0 Å². The molecular weight excluding hydrogens is 440 g/mol. The number of sulfonamides is 1. The molecule has 30 heavy (non-hydrogen) atoms. The zero-order chi connectivity index (χ0) is 21.7. The average molecular weight is 467 g/mol. The first-order valence-electron chi connectivity index (χ1n) is 9.83. The Bertz CT molecular complexity index is 1100. The van der Waals surface area contributed by atoms with Gasteiger partial charge < -0.3 is 9.88 Å². The van der Waals surface area contributed by atoms with Crippen molar-refractivity contribution in [1.29, 1.82) is 0 Å². The SMILES string of the molecule is CCN(CC)S(=O)(=O)c1ccc2c(c1)nc(SCC(=O)NCc1cccs1)n2CC. The Kier molecular flexibility index (Phi) is 7.56. The molecule has 7 nitrogen and oxygen atoms in total. The number of hydrogen-bond donors (Lipinski definition) is 1. The topological polar surface area (TPSA) is 84.3 Å². The lowest BCUT2D eigenvalue weighted by Gasteiger charge is -2.18. The summed E-state index contributed by atoms with van der Waals surface area (Å²) in [6, 6.07) is 8.99. The number of nitrogens with zero attached hydrogens (tertiary/aromatic N) is 3. The second-order valence-electron chi connectivity index (χ2n) is 6.52. The van der Waals surface area contributed by atoms with Crippen LogP contribution >= 0.6 is 23.1 Å². The van der Waals surface area contributed by atoms with Crippen molar-refractivity contribution in [2.45, 2.75) is 43.9 Å². The lowest BCUT2D eigenvalue weighted by atomic mass is 10.3. The molecule has 162 valence electrons. The Morgan fingerprint density at radius 2 is 2.00 bits per heavy atom. The Morgan fingerprint density at radius 3 is 2.63 bits per heavy atom. The molecule has 1 N–H and O–H groups in total. The van der Waals surface area contributed by atoms with Crippen molar-refractivity contribution in [1.82, 2.24) is 19.2 Å². The molecule has 0 saturated heterocycles. The molecule has 0 atom stereocenters. The van der Waals surface area contributed by atoms with E-state index >= 15 is 0 Å². The Morgan fingerprint density at radius 1 is 1.23 bits per heavy atom. The van der Waals surface area contributed by atoms with Crippen LogP contribution in [0.1, 0.15) is 25.6 Å². The number of carbonyl (C=O) groups is 1. The van der Waals surface area contributed by atoms with Crippen molar-refractivity contribution in [3.8, 4) is 0 Å². The number of fused-ring (bicyclic) bond motifs is 1. The third-order valence-corrected chi connectivity index (χ3v) is 8.62. The number of carbonyl (C=O) groups excluding carboxylic acids is 1. The lowest BCUT2D eigenvalue weighted by molar-refractivity contribution is -0.118. The minimum atomic E-state index is -3.54. The van der Waals surface area contributed by atoms with Crippen molar-refractivity contribution in [3.05, 3.63) is 40.6 Å². The zero-order valence-electron chi connectivity index (χ0n) is 17.3. The summed E-state index contributed by atoms with van der Waals surface area (Å²) in [7, 11) is -3.54. The molecule has 0 bridgehead atoms. The molecule has 0 aliphatic heterocycles. The van der Waals surface area contributed by atoms with Crippen LogP contribution in [0.3, 0.4) is 0 Å². The molecule has 1 amide bonds. The number of aromatic nitrogens is 2. The molecule has 0 fully saturated rings. The molecular formula is C20H26N4O3S3. The van der Waals surface area contributed by atoms with Crippen LogP contribution in [0.15, 0.2) is 45.8 Å². The summed E-state index contributed by atoms with van der Waals surface area (Å²) in [6.07, 6.45) is 0. The maximum atomic E-state index is 12.8. The van der Waals surface area contributed by atoms with Crippen LogP contribution in [0.5, 0.6) is 0 Å². The van der Waals surface area contributed by atoms with Gasteiger partial charge in [0.05, 0.1) is 28.2 Å². The fourth-order valence-corrected chi connectivity index (χ4v) is 6.19. The van der Waals surface area contributed by atoms with Gasteiger partial charge in [0.25, 0.3) is 0 Å². The van der Waals surface area contributed by atoms with Gasteiger partial charge in [-0.1, -0.05) is 31.7 Å². The van der Waals surface area contributed by atoms with E-state index in [1.54, 1.807) is 29.5 Å². The van der Waals surface area contributed by atoms with Gasteiger partial charge in [0.2, 0.25) is 15.9 Å². The molecule has 0 aliphatic rings. The summed E-state index contributed by atoms with van der Waals surface area (Å²) < 4.78 is 29.1. The number of hydrogen-bond acceptors (Lipinski definition) is 6. The van der Waals surface area contributed by atoms with Crippen LogP contribution in [-0.4, -0.2) is 47.0 Å². The van der Waals surface area contributed by atoms with E-state index in [2.05, 4.69) is 10.3 Å². The largest absolute Gasteiger partial charge is 0.350 e. The number of amides is 1. The molecule has 3 aromatic rings. The summed E-state index contributed by atoms with van der Waals surface area (Å²) >= 11 is 2.96. The van der Waals surface area contributed by atoms with E-state index in [9.17, 15) is 13.2 Å². The Hall–Kier alpha value is -1.88. The fourth-order valence-electron chi connectivity index (χ4n) is 3.16. The van der Waals surface area contributed by atoms with Gasteiger partial charge in [0.15, 0.2) is 5.16 Å². The Labute approximate surface area is 185 Å². The van der Waals surface area contributed by atoms with E-state index in [1.807, 2.05) is 42.9 Å². The van der Waals surface area contributed by atoms with E-state index in [4.69, 9.17) is 0 Å². The fraction of sp³-hybridized carbons (Fsp3) is 0.400. The van der Waals surface area contributed by atoms with Crippen molar-refractivity contribution >= 4 is 50.1 Å². The third-order valence-electron chi connectivity index (χ3n) is 4.72. The van der Waals surface area contributed by atoms with Gasteiger partial charge >= 0.3 is 0 Å². The minimum Gasteiger partial charge on any atom is -0.350 e. The monoisotopic (exact) mass is 466 g/mol. The van der Waals surface area contributed by atoms with Crippen LogP contribution < -0.4 is 5.32 Å². The van der Waals surface area contributed by atoms with Gasteiger partial charge in [-0.2, -0.15) is 4.31 Å². The first-order chi connectivity index (χ1) is 14.4. The summed E-state index contributed by atoms with van der Waals surface area (Å²) in [6.45, 7) is 7.69. The molecule has 0 aliphatic carbocycles. The number of benzene rings is 1. The number of aryl methyl sites for hydroxylation is 1. The smallest absolute Gasteiger partial charge is 0.243 e. The normalized spacial score (nSPS) is 12.0. The van der Waals surface area contributed by atoms with Crippen molar-refractivity contribution in [2.75, 3.05) is 18.8 Å². The summed E-state index contributed by atoms with van der Waals surface area (Å²) in [4.78, 5) is 18.2. The predicted octanol–water partition coefficient (Wildman–Crippen LogP) is 3.56. The predicted molar refractivity (Wildman–Crippen MR) is 122 cm³/mol.